The minimum absolute atomic E-state index is 0.781. The fraction of sp³-hybridized carbons (Fsp3) is 0.846. The number of hydrogen-bond donors (Lipinski definition) is 1. The van der Waals surface area contributed by atoms with E-state index in [0.29, 0.717) is 0 Å². The van der Waals surface area contributed by atoms with E-state index in [0.717, 1.165) is 6.04 Å². The lowest BCUT2D eigenvalue weighted by molar-refractivity contribution is 0.235. The molecule has 0 atom stereocenters. The summed E-state index contributed by atoms with van der Waals surface area (Å²) in [5.41, 5.74) is 1.69. The third-order valence-corrected chi connectivity index (χ3v) is 3.73. The van der Waals surface area contributed by atoms with Gasteiger partial charge in [0.25, 0.3) is 0 Å². The van der Waals surface area contributed by atoms with E-state index in [1.54, 1.807) is 5.57 Å². The van der Waals surface area contributed by atoms with Crippen molar-refractivity contribution >= 4 is 0 Å². The minimum Gasteiger partial charge on any atom is -0.314 e. The van der Waals surface area contributed by atoms with Crippen LogP contribution in [0.15, 0.2) is 11.6 Å². The van der Waals surface area contributed by atoms with Crippen molar-refractivity contribution in [2.75, 3.05) is 26.7 Å². The molecule has 0 spiro atoms. The predicted octanol–water partition coefficient (Wildman–Crippen LogP) is 2.17. The topological polar surface area (TPSA) is 15.3 Å². The summed E-state index contributed by atoms with van der Waals surface area (Å²) in [4.78, 5) is 2.43. The second kappa shape index (κ2) is 5.66. The van der Waals surface area contributed by atoms with E-state index in [2.05, 4.69) is 23.3 Å². The number of allylic oxidation sites excluding steroid dienone is 1. The van der Waals surface area contributed by atoms with Crippen molar-refractivity contribution in [3.8, 4) is 0 Å². The third kappa shape index (κ3) is 3.62. The zero-order valence-corrected chi connectivity index (χ0v) is 9.97. The van der Waals surface area contributed by atoms with Crippen LogP contribution in [0.2, 0.25) is 0 Å². The molecule has 86 valence electrons. The summed E-state index contributed by atoms with van der Waals surface area (Å²) in [5.74, 6) is 0. The first kappa shape index (κ1) is 11.2. The van der Waals surface area contributed by atoms with Crippen LogP contribution in [0, 0.1) is 0 Å². The summed E-state index contributed by atoms with van der Waals surface area (Å²) in [5, 5.41) is 3.70. The van der Waals surface area contributed by atoms with Gasteiger partial charge in [0.1, 0.15) is 0 Å². The molecule has 1 aliphatic carbocycles. The van der Waals surface area contributed by atoms with Crippen molar-refractivity contribution in [2.45, 2.75) is 44.6 Å². The number of nitrogens with zero attached hydrogens (tertiary/aromatic N) is 1. The van der Waals surface area contributed by atoms with Crippen LogP contribution in [0.25, 0.3) is 0 Å². The van der Waals surface area contributed by atoms with Crippen molar-refractivity contribution in [2.24, 2.45) is 0 Å². The van der Waals surface area contributed by atoms with Crippen LogP contribution in [-0.4, -0.2) is 37.6 Å². The molecular formula is C13H24N2. The molecule has 15 heavy (non-hydrogen) atoms. The second-order valence-corrected chi connectivity index (χ2v) is 5.04. The quantitative estimate of drug-likeness (QED) is 0.712. The first-order valence-corrected chi connectivity index (χ1v) is 6.44. The number of hydrogen-bond acceptors (Lipinski definition) is 2. The van der Waals surface area contributed by atoms with Crippen LogP contribution in [0.5, 0.6) is 0 Å². The van der Waals surface area contributed by atoms with Gasteiger partial charge in [0.2, 0.25) is 0 Å². The molecule has 1 saturated heterocycles. The molecule has 0 amide bonds. The molecule has 1 fully saturated rings. The van der Waals surface area contributed by atoms with Gasteiger partial charge in [0, 0.05) is 6.04 Å². The molecule has 2 rings (SSSR count). The second-order valence-electron chi connectivity index (χ2n) is 5.04. The van der Waals surface area contributed by atoms with E-state index in [-0.39, 0.29) is 0 Å². The largest absolute Gasteiger partial charge is 0.314 e. The molecule has 1 N–H and O–H groups in total. The summed E-state index contributed by atoms with van der Waals surface area (Å²) in [7, 11) is 2.22. The number of nitrogens with one attached hydrogen (secondary N) is 1. The maximum atomic E-state index is 3.70. The Bertz CT molecular complexity index is 215. The minimum atomic E-state index is 0.781. The Balaban J connectivity index is 1.57. The van der Waals surface area contributed by atoms with E-state index < -0.39 is 0 Å². The zero-order valence-electron chi connectivity index (χ0n) is 9.97. The Morgan fingerprint density at radius 3 is 2.87 bits per heavy atom. The average molecular weight is 208 g/mol. The highest BCUT2D eigenvalue weighted by Gasteiger charge is 2.15. The molecule has 0 aromatic heterocycles. The van der Waals surface area contributed by atoms with Gasteiger partial charge in [-0.25, -0.2) is 0 Å². The van der Waals surface area contributed by atoms with Gasteiger partial charge in [-0.05, 0) is 65.2 Å². The monoisotopic (exact) mass is 208 g/mol. The molecule has 1 aliphatic heterocycles. The fourth-order valence-electron chi connectivity index (χ4n) is 2.61. The van der Waals surface area contributed by atoms with Gasteiger partial charge in [-0.1, -0.05) is 11.6 Å². The van der Waals surface area contributed by atoms with E-state index >= 15 is 0 Å². The molecule has 0 radical (unpaired) electrons. The van der Waals surface area contributed by atoms with Gasteiger partial charge < -0.3 is 10.2 Å². The average Bonchev–Trinajstić information content (AvgIpc) is 2.74. The molecule has 0 saturated carbocycles. The lowest BCUT2D eigenvalue weighted by atomic mass is 10.1. The first-order chi connectivity index (χ1) is 7.34. The van der Waals surface area contributed by atoms with E-state index in [9.17, 15) is 0 Å². The molecule has 2 heteroatoms. The Kier molecular flexibility index (Phi) is 4.21. The van der Waals surface area contributed by atoms with Crippen LogP contribution in [-0.2, 0) is 0 Å². The molecule has 0 aromatic carbocycles. The van der Waals surface area contributed by atoms with Gasteiger partial charge in [0.15, 0.2) is 0 Å². The number of rotatable bonds is 4. The SMILES string of the molecule is CN1CCC(NCCC2=CCCC2)CC1. The molecular weight excluding hydrogens is 184 g/mol. The van der Waals surface area contributed by atoms with Crippen molar-refractivity contribution in [3.63, 3.8) is 0 Å². The van der Waals surface area contributed by atoms with Crippen molar-refractivity contribution < 1.29 is 0 Å². The van der Waals surface area contributed by atoms with E-state index in [1.807, 2.05) is 0 Å². The maximum Gasteiger partial charge on any atom is 0.00915 e. The van der Waals surface area contributed by atoms with Crippen LogP contribution < -0.4 is 5.32 Å². The predicted molar refractivity (Wildman–Crippen MR) is 65.1 cm³/mol. The van der Waals surface area contributed by atoms with Crippen LogP contribution in [0.3, 0.4) is 0 Å². The Labute approximate surface area is 93.7 Å². The van der Waals surface area contributed by atoms with Gasteiger partial charge >= 0.3 is 0 Å². The van der Waals surface area contributed by atoms with Gasteiger partial charge in [-0.2, -0.15) is 0 Å². The first-order valence-electron chi connectivity index (χ1n) is 6.44. The Hall–Kier alpha value is -0.340. The highest BCUT2D eigenvalue weighted by Crippen LogP contribution is 2.20. The van der Waals surface area contributed by atoms with E-state index in [4.69, 9.17) is 0 Å². The lowest BCUT2D eigenvalue weighted by Gasteiger charge is -2.29. The molecule has 0 bridgehead atoms. The summed E-state index contributed by atoms with van der Waals surface area (Å²) >= 11 is 0. The molecule has 2 nitrogen and oxygen atoms in total. The van der Waals surface area contributed by atoms with Crippen molar-refractivity contribution in [3.05, 3.63) is 11.6 Å². The number of likely N-dealkylation sites (tertiary alicyclic amines) is 1. The Morgan fingerprint density at radius 1 is 1.40 bits per heavy atom. The summed E-state index contributed by atoms with van der Waals surface area (Å²) in [6, 6.07) is 0.781. The Morgan fingerprint density at radius 2 is 2.20 bits per heavy atom. The summed E-state index contributed by atoms with van der Waals surface area (Å²) in [6.07, 6.45) is 10.5. The molecule has 0 aromatic rings. The highest BCUT2D eigenvalue weighted by molar-refractivity contribution is 5.07. The number of piperidine rings is 1. The smallest absolute Gasteiger partial charge is 0.00915 e. The van der Waals surface area contributed by atoms with Crippen LogP contribution >= 0.6 is 0 Å². The lowest BCUT2D eigenvalue weighted by Crippen LogP contribution is -2.41. The van der Waals surface area contributed by atoms with Crippen molar-refractivity contribution in [1.82, 2.24) is 10.2 Å². The molecule has 0 unspecified atom stereocenters. The van der Waals surface area contributed by atoms with E-state index in [1.165, 1.54) is 58.2 Å². The molecule has 2 aliphatic rings. The fourth-order valence-corrected chi connectivity index (χ4v) is 2.61. The molecule has 1 heterocycles. The van der Waals surface area contributed by atoms with Crippen LogP contribution in [0.1, 0.15) is 38.5 Å². The normalized spacial score (nSPS) is 24.5. The summed E-state index contributed by atoms with van der Waals surface area (Å²) < 4.78 is 0. The third-order valence-electron chi connectivity index (χ3n) is 3.73. The summed E-state index contributed by atoms with van der Waals surface area (Å²) in [6.45, 7) is 3.72. The van der Waals surface area contributed by atoms with Crippen LogP contribution in [0.4, 0.5) is 0 Å². The highest BCUT2D eigenvalue weighted by atomic mass is 15.1. The van der Waals surface area contributed by atoms with Gasteiger partial charge in [0.05, 0.1) is 0 Å². The zero-order chi connectivity index (χ0) is 10.5. The van der Waals surface area contributed by atoms with Gasteiger partial charge in [-0.15, -0.1) is 0 Å². The maximum absolute atomic E-state index is 3.70. The van der Waals surface area contributed by atoms with Crippen molar-refractivity contribution in [1.29, 1.82) is 0 Å². The standard InChI is InChI=1S/C13H24N2/c1-15-10-7-13(8-11-15)14-9-6-12-4-2-3-5-12/h4,13-14H,2-3,5-11H2,1H3. The van der Waals surface area contributed by atoms with Gasteiger partial charge in [-0.3, -0.25) is 0 Å².